The molecule has 0 amide bonds. The van der Waals surface area contributed by atoms with Gasteiger partial charge >= 0.3 is 0 Å². The van der Waals surface area contributed by atoms with Crippen molar-refractivity contribution in [2.24, 2.45) is 0 Å². The van der Waals surface area contributed by atoms with E-state index in [2.05, 4.69) is 10.1 Å². The van der Waals surface area contributed by atoms with Gasteiger partial charge in [-0.2, -0.15) is 4.98 Å². The Kier molecular flexibility index (Phi) is 2.61. The Hall–Kier alpha value is -1.91. The molecule has 4 nitrogen and oxygen atoms in total. The van der Waals surface area contributed by atoms with Crippen molar-refractivity contribution in [1.82, 2.24) is 10.1 Å². The quantitative estimate of drug-likeness (QED) is 0.827. The Balaban J connectivity index is 2.48. The molecule has 0 aliphatic rings. The fraction of sp³-hybridized carbons (Fsp3) is 0.333. The van der Waals surface area contributed by atoms with Gasteiger partial charge in [0, 0.05) is 5.41 Å². The Morgan fingerprint density at radius 3 is 2.59 bits per heavy atom. The van der Waals surface area contributed by atoms with E-state index in [-0.39, 0.29) is 16.9 Å². The van der Waals surface area contributed by atoms with Crippen molar-refractivity contribution in [2.75, 3.05) is 0 Å². The predicted octanol–water partition coefficient (Wildman–Crippen LogP) is 2.88. The fourth-order valence-electron chi connectivity index (χ4n) is 1.32. The summed E-state index contributed by atoms with van der Waals surface area (Å²) in [5.41, 5.74) is -0.164. The van der Waals surface area contributed by atoms with E-state index in [1.54, 1.807) is 0 Å². The number of benzene rings is 1. The van der Waals surface area contributed by atoms with Crippen LogP contribution in [-0.4, -0.2) is 15.2 Å². The molecule has 17 heavy (non-hydrogen) atoms. The summed E-state index contributed by atoms with van der Waals surface area (Å²) < 4.78 is 18.6. The lowest BCUT2D eigenvalue weighted by atomic mass is 9.96. The highest BCUT2D eigenvalue weighted by atomic mass is 19.1. The smallest absolute Gasteiger partial charge is 0.261 e. The second kappa shape index (κ2) is 3.84. The highest BCUT2D eigenvalue weighted by Gasteiger charge is 2.23. The number of hydrogen-bond acceptors (Lipinski definition) is 4. The number of nitrogens with zero attached hydrogens (tertiary/aromatic N) is 2. The van der Waals surface area contributed by atoms with Crippen LogP contribution in [0.25, 0.3) is 11.5 Å². The first kappa shape index (κ1) is 11.6. The molecule has 0 atom stereocenters. The molecule has 2 rings (SSSR count). The molecule has 2 aromatic rings. The van der Waals surface area contributed by atoms with Crippen LogP contribution in [0.3, 0.4) is 0 Å². The van der Waals surface area contributed by atoms with Gasteiger partial charge in [0.1, 0.15) is 0 Å². The molecule has 1 heterocycles. The van der Waals surface area contributed by atoms with Crippen molar-refractivity contribution in [1.29, 1.82) is 0 Å². The van der Waals surface area contributed by atoms with Gasteiger partial charge in [0.15, 0.2) is 17.4 Å². The van der Waals surface area contributed by atoms with Crippen molar-refractivity contribution in [3.05, 3.63) is 29.8 Å². The van der Waals surface area contributed by atoms with Crippen LogP contribution in [0.5, 0.6) is 5.75 Å². The van der Waals surface area contributed by atoms with Crippen LogP contribution in [-0.2, 0) is 5.41 Å². The van der Waals surface area contributed by atoms with E-state index in [0.717, 1.165) is 0 Å². The summed E-state index contributed by atoms with van der Waals surface area (Å²) in [6.45, 7) is 5.79. The maximum atomic E-state index is 13.6. The van der Waals surface area contributed by atoms with Gasteiger partial charge in [0.2, 0.25) is 0 Å². The van der Waals surface area contributed by atoms with Crippen LogP contribution in [0, 0.1) is 5.82 Å². The third kappa shape index (κ3) is 2.13. The Bertz CT molecular complexity index is 544. The third-order valence-electron chi connectivity index (χ3n) is 2.31. The van der Waals surface area contributed by atoms with Gasteiger partial charge in [-0.25, -0.2) is 4.39 Å². The molecule has 0 saturated heterocycles. The van der Waals surface area contributed by atoms with Gasteiger partial charge in [0.05, 0.1) is 5.56 Å². The molecular weight excluding hydrogens is 223 g/mol. The number of hydrogen-bond donors (Lipinski definition) is 1. The molecule has 0 fully saturated rings. The zero-order valence-corrected chi connectivity index (χ0v) is 9.86. The SMILES string of the molecule is CC(C)(C)c1noc(-c2cccc(O)c2F)n1. The summed E-state index contributed by atoms with van der Waals surface area (Å²) in [5, 5.41) is 13.1. The number of phenolic OH excluding ortho intramolecular Hbond substituents is 1. The van der Waals surface area contributed by atoms with Crippen LogP contribution in [0.4, 0.5) is 4.39 Å². The molecule has 5 heteroatoms. The second-order valence-corrected chi connectivity index (χ2v) is 4.81. The first-order valence-corrected chi connectivity index (χ1v) is 5.21. The minimum atomic E-state index is -0.753. The molecule has 0 saturated carbocycles. The number of aromatic nitrogens is 2. The van der Waals surface area contributed by atoms with Gasteiger partial charge in [-0.05, 0) is 12.1 Å². The second-order valence-electron chi connectivity index (χ2n) is 4.81. The monoisotopic (exact) mass is 236 g/mol. The van der Waals surface area contributed by atoms with E-state index in [4.69, 9.17) is 4.52 Å². The van der Waals surface area contributed by atoms with E-state index in [9.17, 15) is 9.50 Å². The molecule has 1 aromatic heterocycles. The van der Waals surface area contributed by atoms with E-state index in [1.807, 2.05) is 20.8 Å². The molecule has 0 aliphatic carbocycles. The standard InChI is InChI=1S/C12H13FN2O2/c1-12(2,3)11-14-10(17-15-11)7-5-4-6-8(16)9(7)13/h4-6,16H,1-3H3. The summed E-state index contributed by atoms with van der Waals surface area (Å²) in [6, 6.07) is 4.27. The van der Waals surface area contributed by atoms with Gasteiger partial charge in [-0.15, -0.1) is 0 Å². The van der Waals surface area contributed by atoms with Gasteiger partial charge in [-0.3, -0.25) is 0 Å². The van der Waals surface area contributed by atoms with Crippen LogP contribution in [0.1, 0.15) is 26.6 Å². The van der Waals surface area contributed by atoms with Crippen LogP contribution in [0.2, 0.25) is 0 Å². The van der Waals surface area contributed by atoms with E-state index >= 15 is 0 Å². The topological polar surface area (TPSA) is 59.2 Å². The lowest BCUT2D eigenvalue weighted by Crippen LogP contribution is -2.13. The number of phenols is 1. The number of rotatable bonds is 1. The molecule has 0 radical (unpaired) electrons. The lowest BCUT2D eigenvalue weighted by Gasteiger charge is -2.10. The maximum Gasteiger partial charge on any atom is 0.261 e. The number of halogens is 1. The molecule has 1 N–H and O–H groups in total. The van der Waals surface area contributed by atoms with Crippen molar-refractivity contribution in [2.45, 2.75) is 26.2 Å². The zero-order valence-electron chi connectivity index (χ0n) is 9.86. The first-order chi connectivity index (χ1) is 7.89. The molecule has 90 valence electrons. The van der Waals surface area contributed by atoms with Gasteiger partial charge in [-0.1, -0.05) is 32.0 Å². The minimum Gasteiger partial charge on any atom is -0.505 e. The summed E-state index contributed by atoms with van der Waals surface area (Å²) in [4.78, 5) is 4.12. The van der Waals surface area contributed by atoms with Crippen molar-refractivity contribution >= 4 is 0 Å². The van der Waals surface area contributed by atoms with E-state index in [0.29, 0.717) is 5.82 Å². The summed E-state index contributed by atoms with van der Waals surface area (Å²) in [5.74, 6) is -0.617. The van der Waals surface area contributed by atoms with Crippen LogP contribution >= 0.6 is 0 Å². The molecular formula is C12H13FN2O2. The Labute approximate surface area is 98.1 Å². The van der Waals surface area contributed by atoms with Gasteiger partial charge in [0.25, 0.3) is 5.89 Å². The molecule has 0 bridgehead atoms. The largest absolute Gasteiger partial charge is 0.505 e. The molecule has 0 aliphatic heterocycles. The highest BCUT2D eigenvalue weighted by molar-refractivity contribution is 5.56. The zero-order chi connectivity index (χ0) is 12.6. The van der Waals surface area contributed by atoms with Crippen molar-refractivity contribution in [3.8, 4) is 17.2 Å². The Morgan fingerprint density at radius 2 is 2.00 bits per heavy atom. The predicted molar refractivity (Wildman–Crippen MR) is 60.1 cm³/mol. The van der Waals surface area contributed by atoms with Crippen LogP contribution in [0.15, 0.2) is 22.7 Å². The van der Waals surface area contributed by atoms with Gasteiger partial charge < -0.3 is 9.63 Å². The summed E-state index contributed by atoms with van der Waals surface area (Å²) >= 11 is 0. The summed E-state index contributed by atoms with van der Waals surface area (Å²) in [6.07, 6.45) is 0. The maximum absolute atomic E-state index is 13.6. The van der Waals surface area contributed by atoms with E-state index in [1.165, 1.54) is 18.2 Å². The molecule has 0 unspecified atom stereocenters. The van der Waals surface area contributed by atoms with E-state index < -0.39 is 11.6 Å². The molecule has 1 aromatic carbocycles. The highest BCUT2D eigenvalue weighted by Crippen LogP contribution is 2.28. The molecule has 0 spiro atoms. The third-order valence-corrected chi connectivity index (χ3v) is 2.31. The minimum absolute atomic E-state index is 0.0725. The summed E-state index contributed by atoms with van der Waals surface area (Å²) in [7, 11) is 0. The average molecular weight is 236 g/mol. The fourth-order valence-corrected chi connectivity index (χ4v) is 1.32. The lowest BCUT2D eigenvalue weighted by molar-refractivity contribution is 0.397. The number of aromatic hydroxyl groups is 1. The normalized spacial score (nSPS) is 11.8. The van der Waals surface area contributed by atoms with Crippen molar-refractivity contribution in [3.63, 3.8) is 0 Å². The first-order valence-electron chi connectivity index (χ1n) is 5.21. The van der Waals surface area contributed by atoms with Crippen molar-refractivity contribution < 1.29 is 14.0 Å². The van der Waals surface area contributed by atoms with Crippen LogP contribution < -0.4 is 0 Å². The Morgan fingerprint density at radius 1 is 1.29 bits per heavy atom. The average Bonchev–Trinajstić information content (AvgIpc) is 2.70.